The smallest absolute Gasteiger partial charge is 0.393 e. The Labute approximate surface area is 111 Å². The van der Waals surface area contributed by atoms with Crippen LogP contribution in [0.15, 0.2) is 22.6 Å². The van der Waals surface area contributed by atoms with Gasteiger partial charge in [0.05, 0.1) is 7.11 Å². The summed E-state index contributed by atoms with van der Waals surface area (Å²) in [7, 11) is 4.89. The summed E-state index contributed by atoms with van der Waals surface area (Å²) < 4.78 is 10.8. The minimum Gasteiger partial charge on any atom is -0.497 e. The highest BCUT2D eigenvalue weighted by atomic mass is 16.7. The highest BCUT2D eigenvalue weighted by Crippen LogP contribution is 2.30. The van der Waals surface area contributed by atoms with Crippen molar-refractivity contribution < 1.29 is 18.8 Å². The molecule has 0 N–H and O–H groups in total. The van der Waals surface area contributed by atoms with Crippen LogP contribution in [0.5, 0.6) is 5.75 Å². The van der Waals surface area contributed by atoms with Gasteiger partial charge in [0, 0.05) is 31.1 Å². The zero-order valence-corrected chi connectivity index (χ0v) is 11.5. The lowest BCUT2D eigenvalue weighted by molar-refractivity contribution is -0.0736. The third kappa shape index (κ3) is 2.56. The van der Waals surface area contributed by atoms with Crippen LogP contribution in [0.4, 0.5) is 0 Å². The molecule has 1 aromatic heterocycles. The minimum atomic E-state index is -0.489. The van der Waals surface area contributed by atoms with Crippen LogP contribution in [0.1, 0.15) is 23.0 Å². The van der Waals surface area contributed by atoms with Crippen LogP contribution in [0, 0.1) is 0 Å². The number of fused-ring (bicyclic) bond motifs is 1. The van der Waals surface area contributed by atoms with Gasteiger partial charge in [-0.25, -0.2) is 4.79 Å². The first kappa shape index (κ1) is 13.4. The zero-order chi connectivity index (χ0) is 14.0. The van der Waals surface area contributed by atoms with Gasteiger partial charge in [0.25, 0.3) is 0 Å². The number of aryl methyl sites for hydroxylation is 1. The number of hydrogen-bond acceptors (Lipinski definition) is 5. The Morgan fingerprint density at radius 2 is 2.11 bits per heavy atom. The molecule has 0 aliphatic carbocycles. The molecule has 0 radical (unpaired) electrons. The Morgan fingerprint density at radius 3 is 2.68 bits per heavy atom. The van der Waals surface area contributed by atoms with Crippen LogP contribution in [0.25, 0.3) is 11.0 Å². The number of methoxy groups -OCH3 is 1. The molecule has 0 unspecified atom stereocenters. The quantitative estimate of drug-likeness (QED) is 0.794. The van der Waals surface area contributed by atoms with Gasteiger partial charge in [-0.3, -0.25) is 0 Å². The van der Waals surface area contributed by atoms with Crippen molar-refractivity contribution in [2.75, 3.05) is 21.2 Å². The van der Waals surface area contributed by atoms with Crippen molar-refractivity contribution in [1.29, 1.82) is 0 Å². The van der Waals surface area contributed by atoms with E-state index in [4.69, 9.17) is 14.0 Å². The fourth-order valence-corrected chi connectivity index (χ4v) is 1.98. The Hall–Kier alpha value is -2.01. The first-order valence-electron chi connectivity index (χ1n) is 6.05. The van der Waals surface area contributed by atoms with E-state index in [2.05, 4.69) is 0 Å². The first-order chi connectivity index (χ1) is 9.06. The monoisotopic (exact) mass is 263 g/mol. The summed E-state index contributed by atoms with van der Waals surface area (Å²) in [6.07, 6.45) is 0.692. The van der Waals surface area contributed by atoms with Crippen LogP contribution >= 0.6 is 0 Å². The van der Waals surface area contributed by atoms with Gasteiger partial charge in [0.15, 0.2) is 0 Å². The van der Waals surface area contributed by atoms with Gasteiger partial charge in [0.2, 0.25) is 5.76 Å². The van der Waals surface area contributed by atoms with E-state index in [1.165, 1.54) is 5.06 Å². The van der Waals surface area contributed by atoms with Crippen LogP contribution in [0.3, 0.4) is 0 Å². The van der Waals surface area contributed by atoms with Crippen LogP contribution in [-0.2, 0) is 11.3 Å². The van der Waals surface area contributed by atoms with E-state index in [0.717, 1.165) is 10.9 Å². The molecule has 0 amide bonds. The van der Waals surface area contributed by atoms with Gasteiger partial charge in [-0.15, -0.1) is 5.06 Å². The van der Waals surface area contributed by atoms with Gasteiger partial charge < -0.3 is 14.0 Å². The second-order valence-corrected chi connectivity index (χ2v) is 4.32. The topological polar surface area (TPSA) is 51.9 Å². The summed E-state index contributed by atoms with van der Waals surface area (Å²) in [5.41, 5.74) is 1.48. The molecule has 102 valence electrons. The van der Waals surface area contributed by atoms with Crippen molar-refractivity contribution in [2.45, 2.75) is 13.3 Å². The molecule has 0 fully saturated rings. The van der Waals surface area contributed by atoms with Crippen LogP contribution in [0.2, 0.25) is 0 Å². The predicted octanol–water partition coefficient (Wildman–Crippen LogP) is 2.64. The molecule has 2 aromatic rings. The van der Waals surface area contributed by atoms with Crippen LogP contribution < -0.4 is 4.74 Å². The van der Waals surface area contributed by atoms with Gasteiger partial charge in [-0.2, -0.15) is 0 Å². The molecule has 19 heavy (non-hydrogen) atoms. The van der Waals surface area contributed by atoms with Crippen molar-refractivity contribution in [3.8, 4) is 5.75 Å². The number of furan rings is 1. The molecular weight excluding hydrogens is 246 g/mol. The van der Waals surface area contributed by atoms with Gasteiger partial charge in [0.1, 0.15) is 11.3 Å². The van der Waals surface area contributed by atoms with Gasteiger partial charge >= 0.3 is 5.97 Å². The number of benzene rings is 1. The molecule has 5 heteroatoms. The highest BCUT2D eigenvalue weighted by Gasteiger charge is 2.21. The van der Waals surface area contributed by atoms with Crippen molar-refractivity contribution in [1.82, 2.24) is 5.06 Å². The number of rotatable bonds is 4. The molecule has 0 spiro atoms. The third-order valence-corrected chi connectivity index (χ3v) is 2.80. The maximum atomic E-state index is 12.0. The van der Waals surface area contributed by atoms with E-state index in [0.29, 0.717) is 17.8 Å². The number of carbonyl (C=O) groups is 1. The van der Waals surface area contributed by atoms with Crippen molar-refractivity contribution >= 4 is 16.9 Å². The SMILES string of the molecule is CCc1c(C(=O)ON(C)C)oc2cc(OC)ccc12. The van der Waals surface area contributed by atoms with E-state index < -0.39 is 5.97 Å². The fraction of sp³-hybridized carbons (Fsp3) is 0.357. The standard InChI is InChI=1S/C14H17NO4/c1-5-10-11-7-6-9(17-4)8-12(11)18-13(10)14(16)19-15(2)3/h6-8H,5H2,1-4H3. The summed E-state index contributed by atoms with van der Waals surface area (Å²) in [5, 5.41) is 2.25. The zero-order valence-electron chi connectivity index (χ0n) is 11.5. The van der Waals surface area contributed by atoms with Gasteiger partial charge in [-0.05, 0) is 18.6 Å². The first-order valence-corrected chi connectivity index (χ1v) is 6.05. The maximum Gasteiger partial charge on any atom is 0.393 e. The Balaban J connectivity index is 2.51. The largest absolute Gasteiger partial charge is 0.497 e. The number of nitrogens with zero attached hydrogens (tertiary/aromatic N) is 1. The van der Waals surface area contributed by atoms with Crippen molar-refractivity contribution in [3.05, 3.63) is 29.5 Å². The Kier molecular flexibility index (Phi) is 3.76. The number of ether oxygens (including phenoxy) is 1. The second-order valence-electron chi connectivity index (χ2n) is 4.32. The van der Waals surface area contributed by atoms with Gasteiger partial charge in [-0.1, -0.05) is 6.92 Å². The summed E-state index contributed by atoms with van der Waals surface area (Å²) in [6, 6.07) is 5.50. The summed E-state index contributed by atoms with van der Waals surface area (Å²) in [4.78, 5) is 17.0. The van der Waals surface area contributed by atoms with E-state index in [1.807, 2.05) is 19.1 Å². The Morgan fingerprint density at radius 1 is 1.37 bits per heavy atom. The molecule has 0 atom stereocenters. The van der Waals surface area contributed by atoms with E-state index in [1.54, 1.807) is 27.3 Å². The second kappa shape index (κ2) is 5.32. The number of hydroxylamine groups is 2. The molecule has 0 aliphatic heterocycles. The molecular formula is C14H17NO4. The molecule has 2 rings (SSSR count). The van der Waals surface area contributed by atoms with E-state index in [9.17, 15) is 4.79 Å². The Bertz CT molecular complexity index is 601. The highest BCUT2D eigenvalue weighted by molar-refractivity contribution is 5.96. The molecule has 0 bridgehead atoms. The molecule has 1 aromatic carbocycles. The third-order valence-electron chi connectivity index (χ3n) is 2.80. The lowest BCUT2D eigenvalue weighted by Crippen LogP contribution is -2.18. The predicted molar refractivity (Wildman–Crippen MR) is 71.2 cm³/mol. The minimum absolute atomic E-state index is 0.249. The molecule has 0 saturated carbocycles. The van der Waals surface area contributed by atoms with Crippen molar-refractivity contribution in [2.24, 2.45) is 0 Å². The molecule has 1 heterocycles. The van der Waals surface area contributed by atoms with Crippen molar-refractivity contribution in [3.63, 3.8) is 0 Å². The van der Waals surface area contributed by atoms with E-state index >= 15 is 0 Å². The lowest BCUT2D eigenvalue weighted by atomic mass is 10.1. The summed E-state index contributed by atoms with van der Waals surface area (Å²) >= 11 is 0. The number of hydrogen-bond donors (Lipinski definition) is 0. The average Bonchev–Trinajstić information content (AvgIpc) is 2.75. The lowest BCUT2D eigenvalue weighted by Gasteiger charge is -2.08. The molecule has 0 saturated heterocycles. The average molecular weight is 263 g/mol. The summed E-state index contributed by atoms with van der Waals surface area (Å²) in [5.74, 6) is 0.452. The summed E-state index contributed by atoms with van der Waals surface area (Å²) in [6.45, 7) is 1.97. The maximum absolute atomic E-state index is 12.0. The fourth-order valence-electron chi connectivity index (χ4n) is 1.98. The molecule has 0 aliphatic rings. The number of carbonyl (C=O) groups excluding carboxylic acids is 1. The van der Waals surface area contributed by atoms with Crippen LogP contribution in [-0.4, -0.2) is 32.2 Å². The van der Waals surface area contributed by atoms with E-state index in [-0.39, 0.29) is 5.76 Å². The molecule has 5 nitrogen and oxygen atoms in total. The normalized spacial score (nSPS) is 11.0.